The number of hydrogen-bond donors (Lipinski definition) is 1. The van der Waals surface area contributed by atoms with Crippen LogP contribution in [0.4, 0.5) is 5.82 Å². The van der Waals surface area contributed by atoms with Crippen molar-refractivity contribution in [1.29, 1.82) is 0 Å². The number of fused-ring (bicyclic) bond motifs is 1. The van der Waals surface area contributed by atoms with Crippen molar-refractivity contribution in [3.63, 3.8) is 0 Å². The molecule has 4 aromatic carbocycles. The van der Waals surface area contributed by atoms with E-state index in [1.165, 1.54) is 5.56 Å². The number of anilines is 1. The number of methoxy groups -OCH3 is 2. The summed E-state index contributed by atoms with van der Waals surface area (Å²) in [5.74, 6) is 2.48. The molecular formula is C36H36N4O3. The summed E-state index contributed by atoms with van der Waals surface area (Å²) in [7, 11) is 3.30. The third kappa shape index (κ3) is 6.78. The van der Waals surface area contributed by atoms with Crippen molar-refractivity contribution in [2.24, 2.45) is 0 Å². The smallest absolute Gasteiger partial charge is 0.223 e. The van der Waals surface area contributed by atoms with E-state index in [1.807, 2.05) is 42.5 Å². The van der Waals surface area contributed by atoms with E-state index in [0.29, 0.717) is 25.6 Å². The number of nitrogens with one attached hydrogen (secondary N) is 1. The normalized spacial score (nSPS) is 12.6. The highest BCUT2D eigenvalue weighted by Gasteiger charge is 2.32. The van der Waals surface area contributed by atoms with Gasteiger partial charge in [-0.2, -0.15) is 0 Å². The maximum atomic E-state index is 13.3. The zero-order valence-electron chi connectivity index (χ0n) is 24.6. The molecule has 1 saturated carbocycles. The molecule has 1 aliphatic rings. The van der Waals surface area contributed by atoms with E-state index >= 15 is 0 Å². The third-order valence-corrected chi connectivity index (χ3v) is 7.97. The second-order valence-corrected chi connectivity index (χ2v) is 10.9. The number of nitrogens with zero attached hydrogens (tertiary/aromatic N) is 3. The van der Waals surface area contributed by atoms with Gasteiger partial charge in [0.25, 0.3) is 0 Å². The van der Waals surface area contributed by atoms with Crippen LogP contribution in [0.15, 0.2) is 97.3 Å². The van der Waals surface area contributed by atoms with E-state index < -0.39 is 0 Å². The lowest BCUT2D eigenvalue weighted by Gasteiger charge is -2.23. The van der Waals surface area contributed by atoms with Gasteiger partial charge < -0.3 is 19.7 Å². The molecule has 1 fully saturated rings. The van der Waals surface area contributed by atoms with Crippen molar-refractivity contribution in [2.45, 2.75) is 44.8 Å². The quantitative estimate of drug-likeness (QED) is 0.173. The number of aromatic nitrogens is 2. The minimum Gasteiger partial charge on any atom is -0.497 e. The molecule has 218 valence electrons. The Morgan fingerprint density at radius 1 is 0.860 bits per heavy atom. The van der Waals surface area contributed by atoms with E-state index in [2.05, 4.69) is 68.7 Å². The monoisotopic (exact) mass is 572 g/mol. The van der Waals surface area contributed by atoms with Crippen LogP contribution in [0.1, 0.15) is 36.0 Å². The molecule has 0 radical (unpaired) electrons. The molecular weight excluding hydrogens is 536 g/mol. The third-order valence-electron chi connectivity index (χ3n) is 7.97. The average molecular weight is 573 g/mol. The Labute approximate surface area is 252 Å². The van der Waals surface area contributed by atoms with Gasteiger partial charge >= 0.3 is 0 Å². The Balaban J connectivity index is 1.20. The minimum absolute atomic E-state index is 0.226. The lowest BCUT2D eigenvalue weighted by atomic mass is 10.0. The van der Waals surface area contributed by atoms with Crippen LogP contribution >= 0.6 is 0 Å². The van der Waals surface area contributed by atoms with Crippen molar-refractivity contribution in [3.8, 4) is 22.6 Å². The van der Waals surface area contributed by atoms with Crippen LogP contribution in [0.25, 0.3) is 22.0 Å². The zero-order chi connectivity index (χ0) is 29.6. The Morgan fingerprint density at radius 2 is 1.67 bits per heavy atom. The molecule has 7 heteroatoms. The number of carbonyl (C=O) groups is 1. The number of hydrogen-bond acceptors (Lipinski definition) is 6. The van der Waals surface area contributed by atoms with E-state index in [0.717, 1.165) is 69.7 Å². The molecule has 1 aliphatic carbocycles. The molecule has 0 bridgehead atoms. The summed E-state index contributed by atoms with van der Waals surface area (Å²) in [4.78, 5) is 24.4. The van der Waals surface area contributed by atoms with Gasteiger partial charge in [-0.05, 0) is 71.8 Å². The molecule has 0 aliphatic heterocycles. The van der Waals surface area contributed by atoms with Crippen LogP contribution in [0, 0.1) is 0 Å². The van der Waals surface area contributed by atoms with Crippen LogP contribution in [-0.2, 0) is 24.3 Å². The molecule has 7 nitrogen and oxygen atoms in total. The number of aryl methyl sites for hydroxylation is 1. The molecule has 0 spiro atoms. The van der Waals surface area contributed by atoms with Gasteiger partial charge in [-0.3, -0.25) is 4.79 Å². The summed E-state index contributed by atoms with van der Waals surface area (Å²) >= 11 is 0. The number of rotatable bonds is 12. The van der Waals surface area contributed by atoms with Gasteiger partial charge in [0.05, 0.1) is 19.7 Å². The number of carbonyl (C=O) groups excluding carboxylic acids is 1. The van der Waals surface area contributed by atoms with E-state index in [4.69, 9.17) is 9.47 Å². The molecule has 1 heterocycles. The van der Waals surface area contributed by atoms with Crippen LogP contribution in [0.5, 0.6) is 11.5 Å². The van der Waals surface area contributed by atoms with Crippen molar-refractivity contribution in [2.75, 3.05) is 19.5 Å². The van der Waals surface area contributed by atoms with E-state index in [9.17, 15) is 4.79 Å². The van der Waals surface area contributed by atoms with E-state index in [1.54, 1.807) is 20.5 Å². The second kappa shape index (κ2) is 12.9. The van der Waals surface area contributed by atoms with Crippen LogP contribution in [0.3, 0.4) is 0 Å². The zero-order valence-corrected chi connectivity index (χ0v) is 24.6. The van der Waals surface area contributed by atoms with Gasteiger partial charge in [-0.15, -0.1) is 0 Å². The first-order chi connectivity index (χ1) is 21.1. The van der Waals surface area contributed by atoms with Gasteiger partial charge in [0.2, 0.25) is 5.91 Å². The second-order valence-electron chi connectivity index (χ2n) is 10.9. The fourth-order valence-electron chi connectivity index (χ4n) is 5.45. The Hall–Kier alpha value is -4.91. The number of ether oxygens (including phenoxy) is 2. The topological polar surface area (TPSA) is 76.6 Å². The van der Waals surface area contributed by atoms with Gasteiger partial charge in [0.1, 0.15) is 23.6 Å². The van der Waals surface area contributed by atoms with Gasteiger partial charge in [-0.25, -0.2) is 9.97 Å². The molecule has 6 rings (SSSR count). The van der Waals surface area contributed by atoms with Gasteiger partial charge in [-0.1, -0.05) is 54.6 Å². The lowest BCUT2D eigenvalue weighted by molar-refractivity contribution is -0.132. The fourth-order valence-corrected chi connectivity index (χ4v) is 5.45. The maximum Gasteiger partial charge on any atom is 0.223 e. The van der Waals surface area contributed by atoms with Gasteiger partial charge in [0, 0.05) is 42.6 Å². The first-order valence-electron chi connectivity index (χ1n) is 14.7. The van der Waals surface area contributed by atoms with Gasteiger partial charge in [0.15, 0.2) is 0 Å². The minimum atomic E-state index is 0.226. The molecule has 43 heavy (non-hydrogen) atoms. The lowest BCUT2D eigenvalue weighted by Crippen LogP contribution is -2.32. The molecule has 1 amide bonds. The number of amides is 1. The Kier molecular flexibility index (Phi) is 8.50. The first kappa shape index (κ1) is 28.2. The summed E-state index contributed by atoms with van der Waals surface area (Å²) in [5.41, 5.74) is 6.36. The summed E-state index contributed by atoms with van der Waals surface area (Å²) in [5, 5.41) is 4.41. The van der Waals surface area contributed by atoms with Crippen molar-refractivity contribution >= 4 is 22.6 Å². The maximum absolute atomic E-state index is 13.3. The first-order valence-corrected chi connectivity index (χ1v) is 14.7. The summed E-state index contributed by atoms with van der Waals surface area (Å²) in [6.45, 7) is 1.16. The van der Waals surface area contributed by atoms with Crippen LogP contribution < -0.4 is 14.8 Å². The predicted octanol–water partition coefficient (Wildman–Crippen LogP) is 7.05. The highest BCUT2D eigenvalue weighted by molar-refractivity contribution is 5.92. The fraction of sp³-hybridized carbons (Fsp3) is 0.250. The van der Waals surface area contributed by atoms with Crippen LogP contribution in [0.2, 0.25) is 0 Å². The Morgan fingerprint density at radius 3 is 2.47 bits per heavy atom. The molecule has 1 aromatic heterocycles. The summed E-state index contributed by atoms with van der Waals surface area (Å²) in [6.07, 6.45) is 5.05. The summed E-state index contributed by atoms with van der Waals surface area (Å²) in [6, 6.07) is 31.1. The van der Waals surface area contributed by atoms with E-state index in [-0.39, 0.29) is 5.91 Å². The molecule has 1 N–H and O–H groups in total. The SMILES string of the molecule is COc1ccc(CNc2ncnc3ccc(-c4cccc(CN(C(=O)CCc5ccccc5)C5CC5)c4)cc23)c(OC)c1. The highest BCUT2D eigenvalue weighted by atomic mass is 16.5. The molecule has 5 aromatic rings. The standard InChI is InChI=1S/C36H36N4O3/c1-42-31-16-12-29(34(21-31)43-2)22-37-36-32-20-28(13-17-33(32)38-24-39-36)27-10-6-9-26(19-27)23-40(30-14-15-30)35(41)18-11-25-7-4-3-5-8-25/h3-10,12-13,16-17,19-21,24,30H,11,14-15,18,22-23H2,1-2H3,(H,37,38,39). The van der Waals surface area contributed by atoms with Crippen molar-refractivity contribution < 1.29 is 14.3 Å². The van der Waals surface area contributed by atoms with Crippen molar-refractivity contribution in [3.05, 3.63) is 114 Å². The largest absolute Gasteiger partial charge is 0.497 e. The molecule has 0 atom stereocenters. The average Bonchev–Trinajstić information content (AvgIpc) is 3.91. The number of benzene rings is 4. The highest BCUT2D eigenvalue weighted by Crippen LogP contribution is 2.32. The predicted molar refractivity (Wildman–Crippen MR) is 170 cm³/mol. The molecule has 0 saturated heterocycles. The molecule has 0 unspecified atom stereocenters. The van der Waals surface area contributed by atoms with Crippen LogP contribution in [-0.4, -0.2) is 41.0 Å². The van der Waals surface area contributed by atoms with Crippen molar-refractivity contribution in [1.82, 2.24) is 14.9 Å². The Bertz CT molecular complexity index is 1720. The summed E-state index contributed by atoms with van der Waals surface area (Å²) < 4.78 is 10.9.